The molecule has 0 aromatic rings. The van der Waals surface area contributed by atoms with Gasteiger partial charge in [0.1, 0.15) is 0 Å². The summed E-state index contributed by atoms with van der Waals surface area (Å²) < 4.78 is 0. The second-order valence-corrected chi connectivity index (χ2v) is 4.69. The van der Waals surface area contributed by atoms with Gasteiger partial charge in [0.25, 0.3) is 0 Å². The topological polar surface area (TPSA) is 113 Å². The summed E-state index contributed by atoms with van der Waals surface area (Å²) in [7, 11) is 0. The molecule has 0 aromatic carbocycles. The minimum absolute atomic E-state index is 0.0129. The minimum atomic E-state index is -0.893. The maximum absolute atomic E-state index is 11.8. The monoisotopic (exact) mass is 271 g/mol. The highest BCUT2D eigenvalue weighted by Gasteiger charge is 2.25. The summed E-state index contributed by atoms with van der Waals surface area (Å²) in [5, 5.41) is 11.0. The molecule has 1 atom stereocenters. The van der Waals surface area contributed by atoms with Crippen molar-refractivity contribution in [2.75, 3.05) is 19.6 Å². The Kier molecular flexibility index (Phi) is 6.27. The van der Waals surface area contributed by atoms with Crippen LogP contribution in [-0.2, 0) is 14.4 Å². The number of hydrogen-bond acceptors (Lipinski definition) is 4. The van der Waals surface area contributed by atoms with E-state index in [-0.39, 0.29) is 31.2 Å². The van der Waals surface area contributed by atoms with Crippen LogP contribution >= 0.6 is 0 Å². The first kappa shape index (κ1) is 15.4. The number of nitrogens with two attached hydrogens (primary N) is 1. The van der Waals surface area contributed by atoms with Gasteiger partial charge >= 0.3 is 5.97 Å². The molecule has 1 rings (SSSR count). The quantitative estimate of drug-likeness (QED) is 0.530. The summed E-state index contributed by atoms with van der Waals surface area (Å²) >= 11 is 0. The number of amides is 2. The van der Waals surface area contributed by atoms with E-state index in [0.29, 0.717) is 19.5 Å². The number of hydrogen-bond donors (Lipinski definition) is 3. The Morgan fingerprint density at radius 1 is 1.26 bits per heavy atom. The van der Waals surface area contributed by atoms with Gasteiger partial charge in [-0.2, -0.15) is 0 Å². The van der Waals surface area contributed by atoms with Crippen molar-refractivity contribution in [3.8, 4) is 0 Å². The molecular weight excluding hydrogens is 250 g/mol. The number of nitrogens with one attached hydrogen (secondary N) is 1. The van der Waals surface area contributed by atoms with E-state index in [1.54, 1.807) is 4.90 Å². The molecule has 7 heteroatoms. The number of carboxylic acids is 1. The van der Waals surface area contributed by atoms with E-state index in [2.05, 4.69) is 5.32 Å². The van der Waals surface area contributed by atoms with Gasteiger partial charge in [0.15, 0.2) is 0 Å². The van der Waals surface area contributed by atoms with Crippen LogP contribution in [0.15, 0.2) is 0 Å². The van der Waals surface area contributed by atoms with E-state index in [1.165, 1.54) is 0 Å². The van der Waals surface area contributed by atoms with Crippen LogP contribution in [0.2, 0.25) is 0 Å². The number of rotatable bonds is 7. The average Bonchev–Trinajstić information content (AvgIpc) is 2.87. The van der Waals surface area contributed by atoms with E-state index in [9.17, 15) is 14.4 Å². The smallest absolute Gasteiger partial charge is 0.303 e. The van der Waals surface area contributed by atoms with Gasteiger partial charge in [0.05, 0.1) is 12.5 Å². The normalized spacial score (nSPS) is 16.2. The predicted octanol–water partition coefficient (Wildman–Crippen LogP) is -0.693. The zero-order valence-corrected chi connectivity index (χ0v) is 10.9. The molecule has 0 bridgehead atoms. The van der Waals surface area contributed by atoms with E-state index >= 15 is 0 Å². The van der Waals surface area contributed by atoms with Crippen LogP contribution in [0.5, 0.6) is 0 Å². The van der Waals surface area contributed by atoms with Crippen molar-refractivity contribution >= 4 is 17.8 Å². The van der Waals surface area contributed by atoms with Gasteiger partial charge in [-0.05, 0) is 19.3 Å². The zero-order valence-electron chi connectivity index (χ0n) is 10.9. The Morgan fingerprint density at radius 2 is 1.89 bits per heavy atom. The Balaban J connectivity index is 2.19. The minimum Gasteiger partial charge on any atom is -0.481 e. The standard InChI is InChI=1S/C12H21N3O4/c13-9(12(19)15-6-1-2-7-15)8-10(16)14-5-3-4-11(17)18/h9H,1-8,13H2,(H,14,16)(H,17,18)/t9-/m0/s1. The van der Waals surface area contributed by atoms with E-state index in [0.717, 1.165) is 12.8 Å². The summed E-state index contributed by atoms with van der Waals surface area (Å²) in [6, 6.07) is -0.808. The molecule has 7 nitrogen and oxygen atoms in total. The molecule has 4 N–H and O–H groups in total. The van der Waals surface area contributed by atoms with Crippen molar-refractivity contribution < 1.29 is 19.5 Å². The molecule has 0 radical (unpaired) electrons. The van der Waals surface area contributed by atoms with Crippen LogP contribution in [0.25, 0.3) is 0 Å². The van der Waals surface area contributed by atoms with Gasteiger partial charge in [-0.15, -0.1) is 0 Å². The third-order valence-electron chi connectivity index (χ3n) is 3.03. The second-order valence-electron chi connectivity index (χ2n) is 4.69. The predicted molar refractivity (Wildman–Crippen MR) is 68.3 cm³/mol. The number of carbonyl (C=O) groups excluding carboxylic acids is 2. The van der Waals surface area contributed by atoms with Crippen LogP contribution in [0.4, 0.5) is 0 Å². The number of carboxylic acid groups (broad SMARTS) is 1. The first-order chi connectivity index (χ1) is 9.00. The summed E-state index contributed by atoms with van der Waals surface area (Å²) in [4.78, 5) is 35.3. The number of nitrogens with zero attached hydrogens (tertiary/aromatic N) is 1. The van der Waals surface area contributed by atoms with E-state index < -0.39 is 12.0 Å². The van der Waals surface area contributed by atoms with E-state index in [4.69, 9.17) is 10.8 Å². The molecular formula is C12H21N3O4. The molecule has 0 aliphatic carbocycles. The maximum Gasteiger partial charge on any atom is 0.303 e. The Hall–Kier alpha value is -1.63. The lowest BCUT2D eigenvalue weighted by molar-refractivity contribution is -0.137. The molecule has 0 aromatic heterocycles. The first-order valence-electron chi connectivity index (χ1n) is 6.53. The maximum atomic E-state index is 11.8. The first-order valence-corrected chi connectivity index (χ1v) is 6.53. The lowest BCUT2D eigenvalue weighted by Gasteiger charge is -2.19. The third-order valence-corrected chi connectivity index (χ3v) is 3.03. The number of aliphatic carboxylic acids is 1. The molecule has 19 heavy (non-hydrogen) atoms. The number of likely N-dealkylation sites (tertiary alicyclic amines) is 1. The molecule has 1 aliphatic rings. The van der Waals surface area contributed by atoms with Crippen molar-refractivity contribution in [2.24, 2.45) is 5.73 Å². The summed E-state index contributed by atoms with van der Waals surface area (Å²) in [5.74, 6) is -1.39. The Morgan fingerprint density at radius 3 is 2.47 bits per heavy atom. The zero-order chi connectivity index (χ0) is 14.3. The molecule has 0 spiro atoms. The average molecular weight is 271 g/mol. The number of carbonyl (C=O) groups is 3. The van der Waals surface area contributed by atoms with Crippen LogP contribution in [-0.4, -0.2) is 53.5 Å². The van der Waals surface area contributed by atoms with Gasteiger partial charge in [-0.3, -0.25) is 14.4 Å². The van der Waals surface area contributed by atoms with Crippen molar-refractivity contribution in [3.63, 3.8) is 0 Å². The van der Waals surface area contributed by atoms with Crippen LogP contribution in [0.1, 0.15) is 32.1 Å². The van der Waals surface area contributed by atoms with Gasteiger partial charge in [-0.25, -0.2) is 0 Å². The fourth-order valence-electron chi connectivity index (χ4n) is 2.00. The third kappa shape index (κ3) is 5.69. The molecule has 0 saturated carbocycles. The Labute approximate surface area is 112 Å². The van der Waals surface area contributed by atoms with Crippen LogP contribution in [0, 0.1) is 0 Å². The molecule has 2 amide bonds. The summed E-state index contributed by atoms with van der Waals surface area (Å²) in [6.45, 7) is 1.72. The highest BCUT2D eigenvalue weighted by molar-refractivity contribution is 5.88. The fourth-order valence-corrected chi connectivity index (χ4v) is 2.00. The van der Waals surface area contributed by atoms with Crippen molar-refractivity contribution in [3.05, 3.63) is 0 Å². The van der Waals surface area contributed by atoms with Gasteiger partial charge in [-0.1, -0.05) is 0 Å². The van der Waals surface area contributed by atoms with Gasteiger partial charge in [0, 0.05) is 26.1 Å². The van der Waals surface area contributed by atoms with Crippen molar-refractivity contribution in [1.29, 1.82) is 0 Å². The molecule has 1 fully saturated rings. The van der Waals surface area contributed by atoms with Crippen molar-refractivity contribution in [2.45, 2.75) is 38.1 Å². The highest BCUT2D eigenvalue weighted by Crippen LogP contribution is 2.09. The largest absolute Gasteiger partial charge is 0.481 e. The van der Waals surface area contributed by atoms with Crippen molar-refractivity contribution in [1.82, 2.24) is 10.2 Å². The van der Waals surface area contributed by atoms with Gasteiger partial charge < -0.3 is 21.1 Å². The summed E-state index contributed by atoms with van der Waals surface area (Å²) in [6.07, 6.45) is 2.30. The van der Waals surface area contributed by atoms with E-state index in [1.807, 2.05) is 0 Å². The SMILES string of the molecule is N[C@@H](CC(=O)NCCCC(=O)O)C(=O)N1CCCC1. The van der Waals surface area contributed by atoms with Crippen LogP contribution in [0.3, 0.4) is 0 Å². The molecule has 1 aliphatic heterocycles. The molecule has 108 valence electrons. The molecule has 0 unspecified atom stereocenters. The lowest BCUT2D eigenvalue weighted by atomic mass is 10.2. The fraction of sp³-hybridized carbons (Fsp3) is 0.750. The van der Waals surface area contributed by atoms with Gasteiger partial charge in [0.2, 0.25) is 11.8 Å². The van der Waals surface area contributed by atoms with Crippen LogP contribution < -0.4 is 11.1 Å². The molecule has 1 heterocycles. The lowest BCUT2D eigenvalue weighted by Crippen LogP contribution is -2.45. The second kappa shape index (κ2) is 7.73. The molecule has 1 saturated heterocycles. The Bertz CT molecular complexity index is 340. The summed E-state index contributed by atoms with van der Waals surface area (Å²) in [5.41, 5.74) is 5.70. The highest BCUT2D eigenvalue weighted by atomic mass is 16.4.